The van der Waals surface area contributed by atoms with Crippen molar-refractivity contribution in [3.05, 3.63) is 16.6 Å². The van der Waals surface area contributed by atoms with Crippen molar-refractivity contribution in [3.63, 3.8) is 0 Å². The summed E-state index contributed by atoms with van der Waals surface area (Å²) >= 11 is 1.53. The predicted octanol–water partition coefficient (Wildman–Crippen LogP) is 1.75. The standard InChI is InChI=1S/C14H20N4OS/c1-9-10-6-11(20-13(10)17(3)16-9)12(19)18-5-4-14(2,7-15)8-18/h6H,4-5,7-8,15H2,1-3H3. The number of likely N-dealkylation sites (tertiary alicyclic amines) is 1. The molecule has 0 saturated carbocycles. The summed E-state index contributed by atoms with van der Waals surface area (Å²) in [5.74, 6) is 0.128. The van der Waals surface area contributed by atoms with E-state index in [1.54, 1.807) is 0 Å². The highest BCUT2D eigenvalue weighted by molar-refractivity contribution is 7.20. The van der Waals surface area contributed by atoms with Crippen LogP contribution >= 0.6 is 11.3 Å². The Labute approximate surface area is 122 Å². The molecular formula is C14H20N4OS. The van der Waals surface area contributed by atoms with Gasteiger partial charge in [0.05, 0.1) is 10.6 Å². The van der Waals surface area contributed by atoms with Gasteiger partial charge in [-0.2, -0.15) is 5.10 Å². The molecule has 0 bridgehead atoms. The van der Waals surface area contributed by atoms with E-state index in [9.17, 15) is 4.79 Å². The highest BCUT2D eigenvalue weighted by atomic mass is 32.1. The molecule has 1 aliphatic rings. The van der Waals surface area contributed by atoms with Crippen molar-refractivity contribution < 1.29 is 4.79 Å². The molecule has 6 heteroatoms. The van der Waals surface area contributed by atoms with Crippen LogP contribution in [0.15, 0.2) is 6.07 Å². The molecular weight excluding hydrogens is 272 g/mol. The van der Waals surface area contributed by atoms with Gasteiger partial charge in [-0.15, -0.1) is 11.3 Å². The Balaban J connectivity index is 1.88. The Kier molecular flexibility index (Phi) is 3.10. The van der Waals surface area contributed by atoms with E-state index >= 15 is 0 Å². The lowest BCUT2D eigenvalue weighted by Crippen LogP contribution is -2.34. The third kappa shape index (κ3) is 2.03. The Hall–Kier alpha value is -1.40. The minimum absolute atomic E-state index is 0.0732. The van der Waals surface area contributed by atoms with Crippen molar-refractivity contribution >= 4 is 27.5 Å². The monoisotopic (exact) mass is 292 g/mol. The smallest absolute Gasteiger partial charge is 0.264 e. The second-order valence-corrected chi connectivity index (χ2v) is 7.06. The summed E-state index contributed by atoms with van der Waals surface area (Å²) < 4.78 is 1.85. The van der Waals surface area contributed by atoms with Crippen LogP contribution in [-0.2, 0) is 7.05 Å². The number of thiophene rings is 1. The third-order valence-electron chi connectivity index (χ3n) is 4.24. The van der Waals surface area contributed by atoms with Gasteiger partial charge in [-0.3, -0.25) is 9.48 Å². The average molecular weight is 292 g/mol. The van der Waals surface area contributed by atoms with Crippen LogP contribution in [0.2, 0.25) is 0 Å². The third-order valence-corrected chi connectivity index (χ3v) is 5.43. The quantitative estimate of drug-likeness (QED) is 0.917. The Morgan fingerprint density at radius 2 is 2.35 bits per heavy atom. The summed E-state index contributed by atoms with van der Waals surface area (Å²) in [5.41, 5.74) is 6.86. The molecule has 3 heterocycles. The first kappa shape index (κ1) is 13.6. The van der Waals surface area contributed by atoms with Crippen molar-refractivity contribution in [1.82, 2.24) is 14.7 Å². The Bertz CT molecular complexity index is 640. The van der Waals surface area contributed by atoms with E-state index < -0.39 is 0 Å². The SMILES string of the molecule is Cc1nn(C)c2sc(C(=O)N3CCC(C)(CN)C3)cc12. The number of aromatic nitrogens is 2. The van der Waals surface area contributed by atoms with Gasteiger partial charge in [0.25, 0.3) is 5.91 Å². The number of hydrogen-bond acceptors (Lipinski definition) is 4. The number of nitrogens with two attached hydrogens (primary N) is 1. The maximum atomic E-state index is 12.6. The zero-order chi connectivity index (χ0) is 14.5. The van der Waals surface area contributed by atoms with Crippen LogP contribution in [0.1, 0.15) is 28.7 Å². The molecule has 1 amide bonds. The van der Waals surface area contributed by atoms with Gasteiger partial charge in [0.2, 0.25) is 0 Å². The number of fused-ring (bicyclic) bond motifs is 1. The second kappa shape index (κ2) is 4.56. The van der Waals surface area contributed by atoms with Crippen molar-refractivity contribution in [2.75, 3.05) is 19.6 Å². The number of carbonyl (C=O) groups is 1. The summed E-state index contributed by atoms with van der Waals surface area (Å²) in [7, 11) is 1.92. The minimum atomic E-state index is 0.0732. The number of aryl methyl sites for hydroxylation is 2. The summed E-state index contributed by atoms with van der Waals surface area (Å²) in [5, 5.41) is 5.45. The highest BCUT2D eigenvalue weighted by Crippen LogP contribution is 2.33. The van der Waals surface area contributed by atoms with E-state index in [-0.39, 0.29) is 11.3 Å². The van der Waals surface area contributed by atoms with E-state index in [4.69, 9.17) is 5.73 Å². The first-order valence-electron chi connectivity index (χ1n) is 6.86. The maximum absolute atomic E-state index is 12.6. The van der Waals surface area contributed by atoms with Crippen molar-refractivity contribution in [2.45, 2.75) is 20.3 Å². The molecule has 0 aromatic carbocycles. The highest BCUT2D eigenvalue weighted by Gasteiger charge is 2.35. The molecule has 20 heavy (non-hydrogen) atoms. The summed E-state index contributed by atoms with van der Waals surface area (Å²) in [6.07, 6.45) is 0.987. The summed E-state index contributed by atoms with van der Waals surface area (Å²) in [6, 6.07) is 1.97. The van der Waals surface area contributed by atoms with Gasteiger partial charge in [0.15, 0.2) is 0 Å². The molecule has 0 spiro atoms. The first-order chi connectivity index (χ1) is 9.43. The fourth-order valence-corrected chi connectivity index (χ4v) is 3.92. The normalized spacial score (nSPS) is 22.9. The van der Waals surface area contributed by atoms with E-state index in [1.807, 2.05) is 29.6 Å². The van der Waals surface area contributed by atoms with Gasteiger partial charge in [0, 0.05) is 25.5 Å². The minimum Gasteiger partial charge on any atom is -0.337 e. The molecule has 1 saturated heterocycles. The number of nitrogens with zero attached hydrogens (tertiary/aromatic N) is 3. The molecule has 1 unspecified atom stereocenters. The summed E-state index contributed by atoms with van der Waals surface area (Å²) in [6.45, 7) is 6.32. The molecule has 0 aliphatic carbocycles. The maximum Gasteiger partial charge on any atom is 0.264 e. The summed E-state index contributed by atoms with van der Waals surface area (Å²) in [4.78, 5) is 16.4. The largest absolute Gasteiger partial charge is 0.337 e. The number of rotatable bonds is 2. The van der Waals surface area contributed by atoms with Crippen LogP contribution in [0.4, 0.5) is 0 Å². The number of carbonyl (C=O) groups excluding carboxylic acids is 1. The van der Waals surface area contributed by atoms with Gasteiger partial charge < -0.3 is 10.6 Å². The number of amides is 1. The van der Waals surface area contributed by atoms with Gasteiger partial charge in [-0.05, 0) is 31.4 Å². The molecule has 2 aromatic heterocycles. The number of hydrogen-bond donors (Lipinski definition) is 1. The van der Waals surface area contributed by atoms with E-state index in [0.717, 1.165) is 40.3 Å². The lowest BCUT2D eigenvalue weighted by Gasteiger charge is -2.22. The first-order valence-corrected chi connectivity index (χ1v) is 7.68. The van der Waals surface area contributed by atoms with E-state index in [0.29, 0.717) is 6.54 Å². The fourth-order valence-electron chi connectivity index (χ4n) is 2.83. The topological polar surface area (TPSA) is 64.2 Å². The molecule has 3 rings (SSSR count). The van der Waals surface area contributed by atoms with Crippen molar-refractivity contribution in [3.8, 4) is 0 Å². The molecule has 1 atom stereocenters. The lowest BCUT2D eigenvalue weighted by atomic mass is 9.90. The van der Waals surface area contributed by atoms with Crippen LogP contribution in [0.3, 0.4) is 0 Å². The molecule has 0 radical (unpaired) electrons. The van der Waals surface area contributed by atoms with Gasteiger partial charge in [0.1, 0.15) is 4.83 Å². The second-order valence-electron chi connectivity index (χ2n) is 6.03. The fraction of sp³-hybridized carbons (Fsp3) is 0.571. The molecule has 2 N–H and O–H groups in total. The van der Waals surface area contributed by atoms with Crippen LogP contribution in [0.25, 0.3) is 10.2 Å². The van der Waals surface area contributed by atoms with Gasteiger partial charge in [-0.1, -0.05) is 6.92 Å². The van der Waals surface area contributed by atoms with Crippen LogP contribution in [-0.4, -0.2) is 40.2 Å². The van der Waals surface area contributed by atoms with Gasteiger partial charge in [-0.25, -0.2) is 0 Å². The van der Waals surface area contributed by atoms with Crippen LogP contribution in [0.5, 0.6) is 0 Å². The molecule has 1 fully saturated rings. The lowest BCUT2D eigenvalue weighted by molar-refractivity contribution is 0.0782. The molecule has 1 aliphatic heterocycles. The molecule has 108 valence electrons. The molecule has 5 nitrogen and oxygen atoms in total. The van der Waals surface area contributed by atoms with E-state index in [1.165, 1.54) is 11.3 Å². The van der Waals surface area contributed by atoms with Crippen molar-refractivity contribution in [1.29, 1.82) is 0 Å². The van der Waals surface area contributed by atoms with E-state index in [2.05, 4.69) is 12.0 Å². The molecule has 2 aromatic rings. The van der Waals surface area contributed by atoms with Crippen LogP contribution in [0, 0.1) is 12.3 Å². The van der Waals surface area contributed by atoms with Crippen molar-refractivity contribution in [2.24, 2.45) is 18.2 Å². The zero-order valence-corrected chi connectivity index (χ0v) is 13.0. The zero-order valence-electron chi connectivity index (χ0n) is 12.1. The Morgan fingerprint density at radius 1 is 1.60 bits per heavy atom. The predicted molar refractivity (Wildman–Crippen MR) is 81.0 cm³/mol. The Morgan fingerprint density at radius 3 is 2.95 bits per heavy atom. The van der Waals surface area contributed by atoms with Crippen LogP contribution < -0.4 is 5.73 Å². The van der Waals surface area contributed by atoms with Gasteiger partial charge >= 0.3 is 0 Å². The average Bonchev–Trinajstić information content (AvgIpc) is 3.07.